The highest BCUT2D eigenvalue weighted by atomic mass is 16.8. The largest absolute Gasteiger partial charge is 0.477 e. The van der Waals surface area contributed by atoms with Crippen LogP contribution in [0.1, 0.15) is 355 Å². The van der Waals surface area contributed by atoms with Crippen LogP contribution in [0.25, 0.3) is 0 Å². The SMILES string of the molecule is CCCCCCCCCCC/C=C\C/C=C\CCCCCCCCCCCCCCCCCC(=O)NC(COC1OC(CO)C(OC2OC(CO)C(O)C(OC3(C(=O)O)CC(O)C(NC(C)=O)C(C(O)C(O)CO)O3)C2O)C(O)C1O)C(O)/C=C/CCCCCCCCCCCCCCCCCCCCCCCC. The molecule has 18 atom stereocenters. The number of hydrogen-bond donors (Lipinski definition) is 14. The van der Waals surface area contributed by atoms with Crippen LogP contribution in [0.15, 0.2) is 36.5 Å². The first-order chi connectivity index (χ1) is 52.9. The summed E-state index contributed by atoms with van der Waals surface area (Å²) in [5, 5.41) is 137. The van der Waals surface area contributed by atoms with Gasteiger partial charge in [0.2, 0.25) is 11.8 Å². The highest BCUT2D eigenvalue weighted by Gasteiger charge is 2.60. The van der Waals surface area contributed by atoms with Gasteiger partial charge in [0, 0.05) is 19.8 Å². The molecule has 109 heavy (non-hydrogen) atoms. The molecule has 0 aromatic heterocycles. The molecule has 18 unspecified atom stereocenters. The van der Waals surface area contributed by atoms with Crippen molar-refractivity contribution in [2.45, 2.75) is 464 Å². The van der Waals surface area contributed by atoms with E-state index in [-0.39, 0.29) is 12.3 Å². The fourth-order valence-corrected chi connectivity index (χ4v) is 15.2. The van der Waals surface area contributed by atoms with Crippen LogP contribution in [-0.4, -0.2) is 215 Å². The molecule has 0 saturated carbocycles. The molecule has 3 saturated heterocycles. The van der Waals surface area contributed by atoms with Crippen LogP contribution >= 0.6 is 0 Å². The fraction of sp³-hybridized carbons (Fsp3) is 0.895. The van der Waals surface area contributed by atoms with Gasteiger partial charge in [0.05, 0.1) is 50.7 Å². The summed E-state index contributed by atoms with van der Waals surface area (Å²) in [5.74, 6) is -6.14. The van der Waals surface area contributed by atoms with Gasteiger partial charge in [-0.1, -0.05) is 320 Å². The molecule has 3 aliphatic rings. The van der Waals surface area contributed by atoms with E-state index in [9.17, 15) is 75.7 Å². The first-order valence-corrected chi connectivity index (χ1v) is 43.9. The third kappa shape index (κ3) is 43.5. The maximum atomic E-state index is 13.6. The van der Waals surface area contributed by atoms with Crippen molar-refractivity contribution in [1.82, 2.24) is 10.6 Å². The molecule has 638 valence electrons. The second kappa shape index (κ2) is 64.2. The quantitative estimate of drug-likeness (QED) is 0.0199. The number of rotatable bonds is 70. The molecule has 0 aromatic rings. The van der Waals surface area contributed by atoms with Gasteiger partial charge in [-0.2, -0.15) is 0 Å². The first-order valence-electron chi connectivity index (χ1n) is 43.9. The third-order valence-electron chi connectivity index (χ3n) is 22.1. The molecule has 0 bridgehead atoms. The maximum absolute atomic E-state index is 13.6. The Bertz CT molecular complexity index is 2300. The van der Waals surface area contributed by atoms with Crippen molar-refractivity contribution in [3.63, 3.8) is 0 Å². The average molecular weight is 1560 g/mol. The van der Waals surface area contributed by atoms with E-state index < -0.39 is 155 Å². The number of ether oxygens (including phenoxy) is 6. The Morgan fingerprint density at radius 1 is 0.486 bits per heavy atom. The molecular formula is C86H158N2O21. The Kier molecular flexibility index (Phi) is 58.9. The van der Waals surface area contributed by atoms with E-state index in [0.29, 0.717) is 12.8 Å². The smallest absolute Gasteiger partial charge is 0.364 e. The van der Waals surface area contributed by atoms with Crippen LogP contribution in [-0.2, 0) is 42.8 Å². The zero-order valence-corrected chi connectivity index (χ0v) is 67.9. The molecule has 2 amide bonds. The van der Waals surface area contributed by atoms with Gasteiger partial charge < -0.3 is 100 Å². The molecule has 3 aliphatic heterocycles. The maximum Gasteiger partial charge on any atom is 0.364 e. The molecule has 0 radical (unpaired) electrons. The van der Waals surface area contributed by atoms with Crippen LogP contribution in [0.3, 0.4) is 0 Å². The Labute approximate surface area is 656 Å². The minimum atomic E-state index is -3.08. The van der Waals surface area contributed by atoms with E-state index in [1.165, 1.54) is 257 Å². The van der Waals surface area contributed by atoms with Crippen molar-refractivity contribution in [1.29, 1.82) is 0 Å². The van der Waals surface area contributed by atoms with Gasteiger partial charge in [-0.05, 0) is 51.4 Å². The summed E-state index contributed by atoms with van der Waals surface area (Å²) in [6, 6.07) is -2.62. The molecule has 23 nitrogen and oxygen atoms in total. The molecule has 3 fully saturated rings. The van der Waals surface area contributed by atoms with Crippen LogP contribution in [0, 0.1) is 0 Å². The highest BCUT2D eigenvalue weighted by molar-refractivity contribution is 5.77. The standard InChI is InChI=1S/C86H158N2O21/c1-4-6-8-10-12-14-16-18-20-22-24-26-28-30-31-32-33-34-35-36-38-40-42-44-46-48-50-52-54-56-58-60-73(96)88-67(68(93)59-57-55-53-51-49-47-45-43-41-39-37-29-27-25-23-21-19-17-15-13-11-9-7-5-2)65-104-83-78(100)77(99)80(72(64-91)106-83)107-84-79(101)82(76(98)71(63-90)105-84)109-86(85(102)103)61-69(94)74(87-66(3)92)81(108-86)75(97)70(95)62-89/h24,26,30-31,57,59,67-72,74-84,89-91,93-95,97-101H,4-23,25,27-29,32-56,58,60-65H2,1-3H3,(H,87,92)(H,88,96)(H,102,103)/b26-24-,31-30-,59-57+. The van der Waals surface area contributed by atoms with E-state index in [2.05, 4.69) is 48.8 Å². The number of hydrogen-bond acceptors (Lipinski definition) is 20. The number of unbranched alkanes of at least 4 members (excludes halogenated alkanes) is 46. The topological polar surface area (TPSA) is 373 Å². The molecule has 14 N–H and O–H groups in total. The molecule has 3 heterocycles. The second-order valence-corrected chi connectivity index (χ2v) is 31.8. The number of allylic oxidation sites excluding steroid dienone is 5. The Morgan fingerprint density at radius 3 is 1.29 bits per heavy atom. The van der Waals surface area contributed by atoms with E-state index >= 15 is 0 Å². The Morgan fingerprint density at radius 2 is 0.890 bits per heavy atom. The van der Waals surface area contributed by atoms with Gasteiger partial charge in [-0.15, -0.1) is 0 Å². The number of carboxylic acid groups (broad SMARTS) is 1. The van der Waals surface area contributed by atoms with Crippen molar-refractivity contribution >= 4 is 17.8 Å². The van der Waals surface area contributed by atoms with E-state index in [1.54, 1.807) is 6.08 Å². The molecular weight excluding hydrogens is 1400 g/mol. The van der Waals surface area contributed by atoms with Crippen molar-refractivity contribution in [2.75, 3.05) is 26.4 Å². The molecule has 0 aromatic carbocycles. The molecule has 0 aliphatic carbocycles. The van der Waals surface area contributed by atoms with Gasteiger partial charge in [-0.25, -0.2) is 4.79 Å². The molecule has 0 spiro atoms. The van der Waals surface area contributed by atoms with Crippen molar-refractivity contribution < 1.29 is 104 Å². The van der Waals surface area contributed by atoms with Crippen molar-refractivity contribution in [3.8, 4) is 0 Å². The van der Waals surface area contributed by atoms with Crippen LogP contribution in [0.4, 0.5) is 0 Å². The lowest BCUT2D eigenvalue weighted by molar-refractivity contribution is -0.386. The van der Waals surface area contributed by atoms with Crippen LogP contribution in [0.2, 0.25) is 0 Å². The predicted molar refractivity (Wildman–Crippen MR) is 426 cm³/mol. The second-order valence-electron chi connectivity index (χ2n) is 31.8. The van der Waals surface area contributed by atoms with Gasteiger partial charge in [0.1, 0.15) is 67.1 Å². The number of nitrogens with one attached hydrogen (secondary N) is 2. The predicted octanol–water partition coefficient (Wildman–Crippen LogP) is 13.3. The number of amides is 2. The molecule has 3 rings (SSSR count). The van der Waals surface area contributed by atoms with Gasteiger partial charge in [-0.3, -0.25) is 9.59 Å². The summed E-state index contributed by atoms with van der Waals surface area (Å²) in [6.07, 6.45) is 46.1. The Hall–Kier alpha value is -3.05. The summed E-state index contributed by atoms with van der Waals surface area (Å²) in [6.45, 7) is 2.20. The van der Waals surface area contributed by atoms with Gasteiger partial charge >= 0.3 is 5.97 Å². The number of carboxylic acids is 1. The van der Waals surface area contributed by atoms with E-state index in [0.717, 1.165) is 58.3 Å². The van der Waals surface area contributed by atoms with Gasteiger partial charge in [0.15, 0.2) is 12.6 Å². The summed E-state index contributed by atoms with van der Waals surface area (Å²) >= 11 is 0. The van der Waals surface area contributed by atoms with Crippen LogP contribution in [0.5, 0.6) is 0 Å². The number of carbonyl (C=O) groups is 3. The zero-order valence-electron chi connectivity index (χ0n) is 67.9. The minimum absolute atomic E-state index is 0.201. The fourth-order valence-electron chi connectivity index (χ4n) is 15.2. The lowest BCUT2D eigenvalue weighted by atomic mass is 9.88. The van der Waals surface area contributed by atoms with Gasteiger partial charge in [0.25, 0.3) is 5.79 Å². The number of carbonyl (C=O) groups excluding carboxylic acids is 2. The zero-order chi connectivity index (χ0) is 79.5. The third-order valence-corrected chi connectivity index (χ3v) is 22.1. The summed E-state index contributed by atoms with van der Waals surface area (Å²) in [4.78, 5) is 38.8. The van der Waals surface area contributed by atoms with Crippen molar-refractivity contribution in [2.24, 2.45) is 0 Å². The number of aliphatic hydroxyl groups excluding tert-OH is 11. The monoisotopic (exact) mass is 1560 g/mol. The first kappa shape index (κ1) is 100. The average Bonchev–Trinajstić information content (AvgIpc) is 0.753. The summed E-state index contributed by atoms with van der Waals surface area (Å²) in [7, 11) is 0. The van der Waals surface area contributed by atoms with Crippen LogP contribution < -0.4 is 10.6 Å². The normalized spacial score (nSPS) is 25.9. The summed E-state index contributed by atoms with van der Waals surface area (Å²) < 4.78 is 35.0. The highest BCUT2D eigenvalue weighted by Crippen LogP contribution is 2.39. The Balaban J connectivity index is 1.48. The van der Waals surface area contributed by atoms with E-state index in [4.69, 9.17) is 28.4 Å². The van der Waals surface area contributed by atoms with E-state index in [1.807, 2.05) is 6.08 Å². The number of aliphatic hydroxyl groups is 11. The lowest BCUT2D eigenvalue weighted by Gasteiger charge is -2.50. The lowest BCUT2D eigenvalue weighted by Crippen LogP contribution is -2.70. The van der Waals surface area contributed by atoms with Crippen molar-refractivity contribution in [3.05, 3.63) is 36.5 Å². The number of aliphatic carboxylic acids is 1. The minimum Gasteiger partial charge on any atom is -0.477 e. The summed E-state index contributed by atoms with van der Waals surface area (Å²) in [5.41, 5.74) is 0. The molecule has 23 heteroatoms.